The molecule has 0 saturated carbocycles. The maximum atomic E-state index is 12.5. The van der Waals surface area contributed by atoms with E-state index in [4.69, 9.17) is 0 Å². The number of hydrogen-bond acceptors (Lipinski definition) is 3. The van der Waals surface area contributed by atoms with Gasteiger partial charge in [-0.05, 0) is 18.6 Å². The van der Waals surface area contributed by atoms with Gasteiger partial charge in [-0.25, -0.2) is 4.98 Å². The molecule has 3 aromatic rings. The molecule has 0 unspecified atom stereocenters. The van der Waals surface area contributed by atoms with E-state index in [1.807, 2.05) is 31.2 Å². The summed E-state index contributed by atoms with van der Waals surface area (Å²) in [7, 11) is 0. The van der Waals surface area contributed by atoms with Crippen LogP contribution in [0.2, 0.25) is 0 Å². The largest absolute Gasteiger partial charge is 0.348 e. The Labute approximate surface area is 139 Å². The predicted molar refractivity (Wildman–Crippen MR) is 92.7 cm³/mol. The second-order valence-electron chi connectivity index (χ2n) is 5.68. The average Bonchev–Trinajstić information content (AvgIpc) is 2.95. The fourth-order valence-corrected chi connectivity index (χ4v) is 2.56. The van der Waals surface area contributed by atoms with Crippen molar-refractivity contribution in [3.63, 3.8) is 0 Å². The molecular formula is C18H18N4O2. The van der Waals surface area contributed by atoms with Crippen LogP contribution in [0, 0.1) is 6.92 Å². The van der Waals surface area contributed by atoms with Crippen molar-refractivity contribution in [2.45, 2.75) is 20.4 Å². The number of rotatable bonds is 4. The number of aryl methyl sites for hydroxylation is 1. The van der Waals surface area contributed by atoms with Crippen LogP contribution in [0.1, 0.15) is 28.4 Å². The third-order valence-corrected chi connectivity index (χ3v) is 3.63. The fraction of sp³-hybridized carbons (Fsp3) is 0.167. The van der Waals surface area contributed by atoms with Gasteiger partial charge >= 0.3 is 0 Å². The van der Waals surface area contributed by atoms with E-state index < -0.39 is 0 Å². The van der Waals surface area contributed by atoms with E-state index in [1.165, 1.54) is 6.92 Å². The number of aromatic nitrogens is 2. The van der Waals surface area contributed by atoms with Crippen molar-refractivity contribution >= 4 is 28.5 Å². The Bertz CT molecular complexity index is 914. The number of nitrogens with zero attached hydrogens (tertiary/aromatic N) is 1. The lowest BCUT2D eigenvalue weighted by Crippen LogP contribution is -2.22. The molecule has 1 aromatic carbocycles. The third kappa shape index (κ3) is 3.43. The van der Waals surface area contributed by atoms with Crippen LogP contribution in [0.4, 0.5) is 5.69 Å². The summed E-state index contributed by atoms with van der Waals surface area (Å²) in [6.45, 7) is 3.89. The summed E-state index contributed by atoms with van der Waals surface area (Å²) < 4.78 is 0. The summed E-state index contributed by atoms with van der Waals surface area (Å²) in [5, 5.41) is 6.25. The Kier molecular flexibility index (Phi) is 4.29. The van der Waals surface area contributed by atoms with Crippen molar-refractivity contribution in [3.05, 3.63) is 59.4 Å². The van der Waals surface area contributed by atoms with Gasteiger partial charge in [0.15, 0.2) is 0 Å². The lowest BCUT2D eigenvalue weighted by atomic mass is 10.1. The number of H-pyrrole nitrogens is 1. The normalized spacial score (nSPS) is 10.6. The zero-order valence-corrected chi connectivity index (χ0v) is 13.5. The first-order valence-corrected chi connectivity index (χ1v) is 7.61. The van der Waals surface area contributed by atoms with Crippen LogP contribution in [-0.4, -0.2) is 21.8 Å². The molecule has 24 heavy (non-hydrogen) atoms. The average molecular weight is 322 g/mol. The van der Waals surface area contributed by atoms with Crippen LogP contribution >= 0.6 is 0 Å². The third-order valence-electron chi connectivity index (χ3n) is 3.63. The quantitative estimate of drug-likeness (QED) is 0.690. The minimum atomic E-state index is -0.190. The standard InChI is InChI=1S/C18H18N4O2/c1-11-4-3-5-13(6-11)8-21-18(24)16-10-20-17-15(16)7-14(9-19-17)22-12(2)23/h3-7,9-10H,8H2,1-2H3,(H,19,20)(H,21,24)(H,22,23). The number of pyridine rings is 1. The van der Waals surface area contributed by atoms with Crippen LogP contribution in [0.25, 0.3) is 11.0 Å². The number of hydrogen-bond donors (Lipinski definition) is 3. The summed E-state index contributed by atoms with van der Waals surface area (Å²) in [5.74, 6) is -0.373. The second kappa shape index (κ2) is 6.54. The first-order chi connectivity index (χ1) is 11.5. The van der Waals surface area contributed by atoms with Gasteiger partial charge in [-0.15, -0.1) is 0 Å². The van der Waals surface area contributed by atoms with Gasteiger partial charge in [0.25, 0.3) is 5.91 Å². The van der Waals surface area contributed by atoms with Gasteiger partial charge in [-0.3, -0.25) is 9.59 Å². The first kappa shape index (κ1) is 15.7. The van der Waals surface area contributed by atoms with Crippen molar-refractivity contribution in [3.8, 4) is 0 Å². The topological polar surface area (TPSA) is 86.9 Å². The van der Waals surface area contributed by atoms with E-state index in [2.05, 4.69) is 20.6 Å². The maximum Gasteiger partial charge on any atom is 0.253 e. The fourth-order valence-electron chi connectivity index (χ4n) is 2.56. The molecule has 0 aliphatic carbocycles. The lowest BCUT2D eigenvalue weighted by Gasteiger charge is -2.06. The summed E-state index contributed by atoms with van der Waals surface area (Å²) in [6, 6.07) is 9.72. The molecule has 0 atom stereocenters. The van der Waals surface area contributed by atoms with Gasteiger partial charge in [-0.2, -0.15) is 0 Å². The predicted octanol–water partition coefficient (Wildman–Crippen LogP) is 2.76. The number of benzene rings is 1. The van der Waals surface area contributed by atoms with Crippen LogP contribution < -0.4 is 10.6 Å². The molecule has 0 saturated heterocycles. The van der Waals surface area contributed by atoms with Crippen molar-refractivity contribution in [2.24, 2.45) is 0 Å². The summed E-state index contributed by atoms with van der Waals surface area (Å²) >= 11 is 0. The Balaban J connectivity index is 1.80. The van der Waals surface area contributed by atoms with Gasteiger partial charge in [0, 0.05) is 25.1 Å². The van der Waals surface area contributed by atoms with Gasteiger partial charge < -0.3 is 15.6 Å². The summed E-state index contributed by atoms with van der Waals surface area (Å²) in [5.41, 5.74) is 3.85. The number of anilines is 1. The zero-order chi connectivity index (χ0) is 17.1. The van der Waals surface area contributed by atoms with E-state index in [0.717, 1.165) is 11.1 Å². The molecule has 2 heterocycles. The molecule has 0 fully saturated rings. The molecule has 3 N–H and O–H groups in total. The van der Waals surface area contributed by atoms with Crippen LogP contribution in [-0.2, 0) is 11.3 Å². The van der Waals surface area contributed by atoms with Crippen molar-refractivity contribution < 1.29 is 9.59 Å². The van der Waals surface area contributed by atoms with Crippen molar-refractivity contribution in [2.75, 3.05) is 5.32 Å². The van der Waals surface area contributed by atoms with Crippen molar-refractivity contribution in [1.29, 1.82) is 0 Å². The van der Waals surface area contributed by atoms with Crippen LogP contribution in [0.5, 0.6) is 0 Å². The molecule has 3 rings (SSSR count). The Morgan fingerprint density at radius 3 is 2.83 bits per heavy atom. The number of amides is 2. The molecule has 6 heteroatoms. The second-order valence-corrected chi connectivity index (χ2v) is 5.68. The Morgan fingerprint density at radius 2 is 2.08 bits per heavy atom. The number of carbonyl (C=O) groups is 2. The van der Waals surface area contributed by atoms with Gasteiger partial charge in [0.2, 0.25) is 5.91 Å². The molecule has 122 valence electrons. The van der Waals surface area contributed by atoms with Crippen LogP contribution in [0.3, 0.4) is 0 Å². The molecule has 6 nitrogen and oxygen atoms in total. The highest BCUT2D eigenvalue weighted by Crippen LogP contribution is 2.20. The number of aromatic amines is 1. The number of nitrogens with one attached hydrogen (secondary N) is 3. The molecule has 0 radical (unpaired) electrons. The Hall–Kier alpha value is -3.15. The minimum Gasteiger partial charge on any atom is -0.348 e. The zero-order valence-electron chi connectivity index (χ0n) is 13.5. The van der Waals surface area contributed by atoms with Gasteiger partial charge in [-0.1, -0.05) is 29.8 Å². The van der Waals surface area contributed by atoms with Gasteiger partial charge in [0.1, 0.15) is 5.65 Å². The van der Waals surface area contributed by atoms with Crippen molar-refractivity contribution in [1.82, 2.24) is 15.3 Å². The number of carbonyl (C=O) groups excluding carboxylic acids is 2. The van der Waals surface area contributed by atoms with E-state index in [-0.39, 0.29) is 11.8 Å². The SMILES string of the molecule is CC(=O)Nc1cnc2[nH]cc(C(=O)NCc3cccc(C)c3)c2c1. The highest BCUT2D eigenvalue weighted by atomic mass is 16.2. The molecule has 0 aliphatic rings. The Morgan fingerprint density at radius 1 is 1.25 bits per heavy atom. The first-order valence-electron chi connectivity index (χ1n) is 7.61. The smallest absolute Gasteiger partial charge is 0.253 e. The lowest BCUT2D eigenvalue weighted by molar-refractivity contribution is -0.114. The molecular weight excluding hydrogens is 304 g/mol. The minimum absolute atomic E-state index is 0.183. The van der Waals surface area contributed by atoms with Gasteiger partial charge in [0.05, 0.1) is 17.4 Å². The maximum absolute atomic E-state index is 12.5. The molecule has 2 amide bonds. The van der Waals surface area contributed by atoms with Crippen LogP contribution in [0.15, 0.2) is 42.7 Å². The monoisotopic (exact) mass is 322 g/mol. The summed E-state index contributed by atoms with van der Waals surface area (Å²) in [6.07, 6.45) is 3.18. The van der Waals surface area contributed by atoms with E-state index in [1.54, 1.807) is 18.5 Å². The van der Waals surface area contributed by atoms with E-state index in [9.17, 15) is 9.59 Å². The highest BCUT2D eigenvalue weighted by molar-refractivity contribution is 6.07. The molecule has 0 bridgehead atoms. The number of fused-ring (bicyclic) bond motifs is 1. The van der Waals surface area contributed by atoms with E-state index >= 15 is 0 Å². The molecule has 0 spiro atoms. The molecule has 2 aromatic heterocycles. The molecule has 0 aliphatic heterocycles. The summed E-state index contributed by atoms with van der Waals surface area (Å²) in [4.78, 5) is 30.8. The highest BCUT2D eigenvalue weighted by Gasteiger charge is 2.13. The van der Waals surface area contributed by atoms with E-state index in [0.29, 0.717) is 28.8 Å².